The van der Waals surface area contributed by atoms with Crippen LogP contribution < -0.4 is 5.32 Å². The molecule has 70 heavy (non-hydrogen) atoms. The van der Waals surface area contributed by atoms with Gasteiger partial charge in [0.05, 0.1) is 25.4 Å². The minimum atomic E-state index is -1.55. The van der Waals surface area contributed by atoms with Crippen LogP contribution in [0, 0.1) is 0 Å². The van der Waals surface area contributed by atoms with Crippen molar-refractivity contribution in [3.8, 4) is 0 Å². The molecular weight excluding hydrogens is 875 g/mol. The molecule has 0 radical (unpaired) electrons. The van der Waals surface area contributed by atoms with E-state index in [1.807, 2.05) is 0 Å². The molecule has 0 bridgehead atoms. The van der Waals surface area contributed by atoms with Gasteiger partial charge in [0, 0.05) is 6.42 Å². The highest BCUT2D eigenvalue weighted by atomic mass is 16.7. The molecule has 0 aliphatic carbocycles. The number of rotatable bonds is 54. The van der Waals surface area contributed by atoms with Gasteiger partial charge in [0.15, 0.2) is 6.29 Å². The Morgan fingerprint density at radius 3 is 1.16 bits per heavy atom. The van der Waals surface area contributed by atoms with E-state index in [9.17, 15) is 30.3 Å². The summed E-state index contributed by atoms with van der Waals surface area (Å²) in [5, 5.41) is 54.8. The van der Waals surface area contributed by atoms with E-state index in [4.69, 9.17) is 9.47 Å². The number of unbranched alkanes of at least 4 members (excludes halogenated alkanes) is 42. The average Bonchev–Trinajstić information content (AvgIpc) is 3.36. The Kier molecular flexibility index (Phi) is 49.2. The van der Waals surface area contributed by atoms with Gasteiger partial charge in [-0.15, -0.1) is 0 Å². The van der Waals surface area contributed by atoms with Crippen molar-refractivity contribution in [2.45, 2.75) is 358 Å². The van der Waals surface area contributed by atoms with E-state index in [0.717, 1.165) is 38.5 Å². The number of hydrogen-bond acceptors (Lipinski definition) is 8. The topological polar surface area (TPSA) is 149 Å². The van der Waals surface area contributed by atoms with E-state index in [2.05, 4.69) is 31.3 Å². The highest BCUT2D eigenvalue weighted by Gasteiger charge is 2.44. The van der Waals surface area contributed by atoms with Crippen molar-refractivity contribution in [2.24, 2.45) is 0 Å². The van der Waals surface area contributed by atoms with Crippen molar-refractivity contribution >= 4 is 5.91 Å². The number of carbonyl (C=O) groups is 1. The monoisotopic (exact) mass is 994 g/mol. The van der Waals surface area contributed by atoms with Gasteiger partial charge in [-0.25, -0.2) is 0 Å². The van der Waals surface area contributed by atoms with Gasteiger partial charge in [0.25, 0.3) is 0 Å². The van der Waals surface area contributed by atoms with E-state index in [1.165, 1.54) is 250 Å². The average molecular weight is 995 g/mol. The highest BCUT2D eigenvalue weighted by molar-refractivity contribution is 5.76. The summed E-state index contributed by atoms with van der Waals surface area (Å²) in [6, 6.07) is -0.717. The molecular formula is C61H119NO8. The van der Waals surface area contributed by atoms with Crippen LogP contribution in [0.5, 0.6) is 0 Å². The lowest BCUT2D eigenvalue weighted by molar-refractivity contribution is -0.302. The van der Waals surface area contributed by atoms with Crippen LogP contribution in [0.1, 0.15) is 316 Å². The summed E-state index contributed by atoms with van der Waals surface area (Å²) in [5.41, 5.74) is 0. The van der Waals surface area contributed by atoms with Crippen molar-refractivity contribution in [3.05, 3.63) is 12.2 Å². The fourth-order valence-corrected chi connectivity index (χ4v) is 10.2. The van der Waals surface area contributed by atoms with Gasteiger partial charge < -0.3 is 40.3 Å². The van der Waals surface area contributed by atoms with Gasteiger partial charge in [0.1, 0.15) is 24.4 Å². The predicted molar refractivity (Wildman–Crippen MR) is 295 cm³/mol. The number of hydrogen-bond donors (Lipinski definition) is 6. The molecule has 0 aromatic rings. The van der Waals surface area contributed by atoms with Crippen LogP contribution in [0.4, 0.5) is 0 Å². The lowest BCUT2D eigenvalue weighted by Crippen LogP contribution is -2.60. The van der Waals surface area contributed by atoms with Crippen LogP contribution in [0.15, 0.2) is 12.2 Å². The SMILES string of the molecule is CCCCCCCCCCCCCC/C=C\CCCCCCCCCCCCCC(=O)NC(COC1OC(CO)C(O)C(O)C1O)C(O)CCCCCCCCCCCCCCCCCCCCCC. The van der Waals surface area contributed by atoms with E-state index < -0.39 is 49.5 Å². The normalized spacial score (nSPS) is 19.3. The first-order valence-corrected chi connectivity index (χ1v) is 30.9. The molecule has 1 aliphatic rings. The first kappa shape index (κ1) is 66.9. The molecule has 9 heteroatoms. The van der Waals surface area contributed by atoms with Crippen LogP contribution >= 0.6 is 0 Å². The second-order valence-electron chi connectivity index (χ2n) is 21.9. The number of aliphatic hydroxyl groups is 5. The number of nitrogens with one attached hydrogen (secondary N) is 1. The second kappa shape index (κ2) is 51.4. The first-order valence-electron chi connectivity index (χ1n) is 30.9. The van der Waals surface area contributed by atoms with Crippen LogP contribution in [0.25, 0.3) is 0 Å². The largest absolute Gasteiger partial charge is 0.394 e. The number of amides is 1. The lowest BCUT2D eigenvalue weighted by atomic mass is 9.99. The second-order valence-corrected chi connectivity index (χ2v) is 21.9. The Balaban J connectivity index is 2.16. The molecule has 1 amide bonds. The smallest absolute Gasteiger partial charge is 0.220 e. The van der Waals surface area contributed by atoms with Crippen LogP contribution in [0.3, 0.4) is 0 Å². The summed E-state index contributed by atoms with van der Waals surface area (Å²) >= 11 is 0. The maximum absolute atomic E-state index is 13.1. The van der Waals surface area contributed by atoms with Crippen LogP contribution in [0.2, 0.25) is 0 Å². The summed E-state index contributed by atoms with van der Waals surface area (Å²) in [4.78, 5) is 13.1. The summed E-state index contributed by atoms with van der Waals surface area (Å²) < 4.78 is 11.3. The van der Waals surface area contributed by atoms with Gasteiger partial charge in [-0.05, 0) is 38.5 Å². The molecule has 9 nitrogen and oxygen atoms in total. The van der Waals surface area contributed by atoms with Crippen LogP contribution in [-0.2, 0) is 14.3 Å². The number of aliphatic hydroxyl groups excluding tert-OH is 5. The van der Waals surface area contributed by atoms with Gasteiger partial charge in [-0.2, -0.15) is 0 Å². The fraction of sp³-hybridized carbons (Fsp3) is 0.951. The molecule has 0 aromatic carbocycles. The third-order valence-corrected chi connectivity index (χ3v) is 15.1. The molecule has 1 fully saturated rings. The van der Waals surface area contributed by atoms with Crippen molar-refractivity contribution in [1.29, 1.82) is 0 Å². The molecule has 0 saturated carbocycles. The van der Waals surface area contributed by atoms with E-state index >= 15 is 0 Å². The minimum absolute atomic E-state index is 0.134. The molecule has 1 rings (SSSR count). The zero-order valence-electron chi connectivity index (χ0n) is 46.3. The maximum Gasteiger partial charge on any atom is 0.220 e. The molecule has 416 valence electrons. The standard InChI is InChI=1S/C61H119NO8/c1-3-5-7-9-11-13-15-17-19-21-23-25-26-27-28-29-30-31-33-35-37-39-41-43-45-47-49-51-57(65)62-54(53-69-61-60(68)59(67)58(66)56(52-63)70-61)55(64)50-48-46-44-42-40-38-36-34-32-24-22-20-18-16-14-12-10-8-6-4-2/h27-28,54-56,58-61,63-64,66-68H,3-26,29-53H2,1-2H3,(H,62,65)/b28-27-. The Morgan fingerprint density at radius 1 is 0.471 bits per heavy atom. The fourth-order valence-electron chi connectivity index (χ4n) is 10.2. The summed E-state index contributed by atoms with van der Waals surface area (Å²) in [6.45, 7) is 3.89. The van der Waals surface area contributed by atoms with E-state index in [-0.39, 0.29) is 12.5 Å². The van der Waals surface area contributed by atoms with Crippen molar-refractivity contribution in [2.75, 3.05) is 13.2 Å². The Morgan fingerprint density at radius 2 is 0.800 bits per heavy atom. The number of ether oxygens (including phenoxy) is 2. The van der Waals surface area contributed by atoms with Crippen molar-refractivity contribution in [3.63, 3.8) is 0 Å². The molecule has 1 saturated heterocycles. The zero-order chi connectivity index (χ0) is 50.8. The van der Waals surface area contributed by atoms with Gasteiger partial charge in [-0.3, -0.25) is 4.79 Å². The molecule has 0 spiro atoms. The van der Waals surface area contributed by atoms with E-state index in [0.29, 0.717) is 12.8 Å². The maximum atomic E-state index is 13.1. The number of carbonyl (C=O) groups excluding carboxylic acids is 1. The molecule has 7 atom stereocenters. The lowest BCUT2D eigenvalue weighted by Gasteiger charge is -2.40. The van der Waals surface area contributed by atoms with Crippen molar-refractivity contribution in [1.82, 2.24) is 5.32 Å². The number of allylic oxidation sites excluding steroid dienone is 2. The highest BCUT2D eigenvalue weighted by Crippen LogP contribution is 2.23. The summed E-state index contributed by atoms with van der Waals surface area (Å²) in [6.07, 6.45) is 56.8. The summed E-state index contributed by atoms with van der Waals surface area (Å²) in [5.74, 6) is -0.139. The van der Waals surface area contributed by atoms with Gasteiger partial charge in [0.2, 0.25) is 5.91 Å². The third kappa shape index (κ3) is 40.3. The zero-order valence-corrected chi connectivity index (χ0v) is 46.3. The van der Waals surface area contributed by atoms with Gasteiger partial charge in [-0.1, -0.05) is 283 Å². The van der Waals surface area contributed by atoms with Gasteiger partial charge >= 0.3 is 0 Å². The predicted octanol–water partition coefficient (Wildman–Crippen LogP) is 15.6. The molecule has 0 aromatic heterocycles. The Hall–Kier alpha value is -1.07. The molecule has 1 heterocycles. The minimum Gasteiger partial charge on any atom is -0.394 e. The molecule has 1 aliphatic heterocycles. The Bertz CT molecular complexity index is 1110. The third-order valence-electron chi connectivity index (χ3n) is 15.1. The first-order chi connectivity index (χ1) is 34.3. The molecule has 7 unspecified atom stereocenters. The van der Waals surface area contributed by atoms with Crippen molar-refractivity contribution < 1.29 is 39.8 Å². The quantitative estimate of drug-likeness (QED) is 0.0261. The van der Waals surface area contributed by atoms with Crippen LogP contribution in [-0.4, -0.2) is 87.5 Å². The Labute approximate surface area is 433 Å². The molecule has 6 N–H and O–H groups in total. The summed E-state index contributed by atoms with van der Waals surface area (Å²) in [7, 11) is 0. The van der Waals surface area contributed by atoms with E-state index in [1.54, 1.807) is 0 Å².